The van der Waals surface area contributed by atoms with E-state index in [2.05, 4.69) is 22.5 Å². The highest BCUT2D eigenvalue weighted by molar-refractivity contribution is 7.10. The lowest BCUT2D eigenvalue weighted by Crippen LogP contribution is -2.36. The van der Waals surface area contributed by atoms with Gasteiger partial charge in [-0.1, -0.05) is 6.92 Å². The van der Waals surface area contributed by atoms with Crippen LogP contribution in [0.25, 0.3) is 0 Å². The molecule has 1 amide bonds. The smallest absolute Gasteiger partial charge is 0.221 e. The van der Waals surface area contributed by atoms with E-state index in [1.807, 2.05) is 11.4 Å². The Morgan fingerprint density at radius 3 is 2.85 bits per heavy atom. The van der Waals surface area contributed by atoms with Gasteiger partial charge >= 0.3 is 0 Å². The second-order valence-corrected chi connectivity index (χ2v) is 6.45. The van der Waals surface area contributed by atoms with Crippen LogP contribution in [0.2, 0.25) is 0 Å². The van der Waals surface area contributed by atoms with Gasteiger partial charge in [-0.15, -0.1) is 11.3 Å². The Balaban J connectivity index is 1.71. The molecule has 0 unspecified atom stereocenters. The molecular formula is C15H25N3OS. The zero-order chi connectivity index (χ0) is 14.4. The number of amides is 1. The fraction of sp³-hybridized carbons (Fsp3) is 0.667. The summed E-state index contributed by atoms with van der Waals surface area (Å²) in [6.07, 6.45) is 2.59. The first-order valence-corrected chi connectivity index (χ1v) is 8.34. The maximum Gasteiger partial charge on any atom is 0.221 e. The molecule has 1 aliphatic rings. The third-order valence-electron chi connectivity index (χ3n) is 3.93. The summed E-state index contributed by atoms with van der Waals surface area (Å²) >= 11 is 1.70. The minimum atomic E-state index is -0.00316. The van der Waals surface area contributed by atoms with Crippen molar-refractivity contribution in [1.29, 1.82) is 0 Å². The van der Waals surface area contributed by atoms with Crippen LogP contribution in [-0.2, 0) is 11.3 Å². The van der Waals surface area contributed by atoms with E-state index in [4.69, 9.17) is 0 Å². The van der Waals surface area contributed by atoms with Gasteiger partial charge in [0.2, 0.25) is 5.91 Å². The number of anilines is 1. The van der Waals surface area contributed by atoms with E-state index in [0.29, 0.717) is 0 Å². The molecule has 1 aromatic rings. The fourth-order valence-corrected chi connectivity index (χ4v) is 3.47. The van der Waals surface area contributed by atoms with Gasteiger partial charge in [0, 0.05) is 18.3 Å². The molecule has 2 N–H and O–H groups in total. The average molecular weight is 295 g/mol. The summed E-state index contributed by atoms with van der Waals surface area (Å²) in [7, 11) is 0. The first kappa shape index (κ1) is 15.5. The van der Waals surface area contributed by atoms with Gasteiger partial charge < -0.3 is 15.5 Å². The molecule has 0 atom stereocenters. The minimum Gasteiger partial charge on any atom is -0.325 e. The molecular weight excluding hydrogens is 270 g/mol. The Kier molecular flexibility index (Phi) is 6.01. The highest BCUT2D eigenvalue weighted by Gasteiger charge is 2.17. The Morgan fingerprint density at radius 2 is 2.20 bits per heavy atom. The van der Waals surface area contributed by atoms with Crippen LogP contribution in [0.1, 0.15) is 31.6 Å². The highest BCUT2D eigenvalue weighted by atomic mass is 32.1. The van der Waals surface area contributed by atoms with Crippen molar-refractivity contribution in [2.24, 2.45) is 5.92 Å². The topological polar surface area (TPSA) is 44.4 Å². The van der Waals surface area contributed by atoms with Crippen molar-refractivity contribution in [3.05, 3.63) is 16.3 Å². The van der Waals surface area contributed by atoms with Crippen LogP contribution < -0.4 is 10.6 Å². The molecule has 0 aliphatic carbocycles. The van der Waals surface area contributed by atoms with E-state index in [-0.39, 0.29) is 5.91 Å². The maximum absolute atomic E-state index is 11.1. The molecule has 0 radical (unpaired) electrons. The van der Waals surface area contributed by atoms with E-state index in [0.717, 1.165) is 24.7 Å². The summed E-state index contributed by atoms with van der Waals surface area (Å²) in [5.74, 6) is 0.790. The molecule has 2 rings (SSSR count). The Hall–Kier alpha value is -0.910. The van der Waals surface area contributed by atoms with E-state index in [9.17, 15) is 4.79 Å². The quantitative estimate of drug-likeness (QED) is 0.847. The molecule has 1 aromatic heterocycles. The number of carbonyl (C=O) groups is 1. The van der Waals surface area contributed by atoms with Crippen LogP contribution >= 0.6 is 11.3 Å². The zero-order valence-corrected chi connectivity index (χ0v) is 13.3. The number of piperidine rings is 1. The molecule has 112 valence electrons. The second kappa shape index (κ2) is 7.76. The van der Waals surface area contributed by atoms with Crippen molar-refractivity contribution in [3.63, 3.8) is 0 Å². The van der Waals surface area contributed by atoms with Gasteiger partial charge in [-0.2, -0.15) is 0 Å². The van der Waals surface area contributed by atoms with Crippen molar-refractivity contribution < 1.29 is 4.79 Å². The molecule has 20 heavy (non-hydrogen) atoms. The number of rotatable bonds is 6. The SMILES string of the molecule is CCN1CCC(CNCc2sccc2NC(C)=O)CC1. The van der Waals surface area contributed by atoms with E-state index in [1.165, 1.54) is 37.4 Å². The van der Waals surface area contributed by atoms with Gasteiger partial charge in [0.15, 0.2) is 0 Å². The van der Waals surface area contributed by atoms with Crippen LogP contribution in [0.4, 0.5) is 5.69 Å². The second-order valence-electron chi connectivity index (χ2n) is 5.45. The number of hydrogen-bond donors (Lipinski definition) is 2. The van der Waals surface area contributed by atoms with Gasteiger partial charge in [-0.3, -0.25) is 4.79 Å². The van der Waals surface area contributed by atoms with Crippen LogP contribution in [0.3, 0.4) is 0 Å². The van der Waals surface area contributed by atoms with Gasteiger partial charge in [0.05, 0.1) is 5.69 Å². The van der Waals surface area contributed by atoms with Crippen LogP contribution in [0, 0.1) is 5.92 Å². The van der Waals surface area contributed by atoms with Gasteiger partial charge in [0.25, 0.3) is 0 Å². The molecule has 0 saturated carbocycles. The first-order valence-electron chi connectivity index (χ1n) is 7.46. The summed E-state index contributed by atoms with van der Waals surface area (Å²) in [6, 6.07) is 1.98. The number of carbonyl (C=O) groups excluding carboxylic acids is 1. The van der Waals surface area contributed by atoms with Crippen LogP contribution in [-0.4, -0.2) is 37.0 Å². The van der Waals surface area contributed by atoms with Crippen LogP contribution in [0.5, 0.6) is 0 Å². The maximum atomic E-state index is 11.1. The van der Waals surface area contributed by atoms with E-state index >= 15 is 0 Å². The Bertz CT molecular complexity index is 425. The lowest BCUT2D eigenvalue weighted by molar-refractivity contribution is -0.114. The lowest BCUT2D eigenvalue weighted by atomic mass is 9.97. The molecule has 0 aromatic carbocycles. The molecule has 0 spiro atoms. The summed E-state index contributed by atoms with van der Waals surface area (Å²) in [5, 5.41) is 8.45. The van der Waals surface area contributed by atoms with E-state index < -0.39 is 0 Å². The zero-order valence-electron chi connectivity index (χ0n) is 12.4. The summed E-state index contributed by atoms with van der Waals surface area (Å²) < 4.78 is 0. The molecule has 5 heteroatoms. The van der Waals surface area contributed by atoms with Crippen molar-refractivity contribution in [2.75, 3.05) is 31.5 Å². The van der Waals surface area contributed by atoms with Gasteiger partial charge in [-0.05, 0) is 56.4 Å². The normalized spacial score (nSPS) is 17.3. The monoisotopic (exact) mass is 295 g/mol. The summed E-state index contributed by atoms with van der Waals surface area (Å²) in [6.45, 7) is 9.36. The Labute approximate surface area is 125 Å². The largest absolute Gasteiger partial charge is 0.325 e. The molecule has 0 bridgehead atoms. The molecule has 1 aliphatic heterocycles. The standard InChI is InChI=1S/C15H25N3OS/c1-3-18-7-4-13(5-8-18)10-16-11-15-14(6-9-20-15)17-12(2)19/h6,9,13,16H,3-5,7-8,10-11H2,1-2H3,(H,17,19). The number of nitrogens with one attached hydrogen (secondary N) is 2. The third-order valence-corrected chi connectivity index (χ3v) is 4.85. The van der Waals surface area contributed by atoms with Crippen LogP contribution in [0.15, 0.2) is 11.4 Å². The number of likely N-dealkylation sites (tertiary alicyclic amines) is 1. The highest BCUT2D eigenvalue weighted by Crippen LogP contribution is 2.22. The van der Waals surface area contributed by atoms with Gasteiger partial charge in [0.1, 0.15) is 0 Å². The fourth-order valence-electron chi connectivity index (χ4n) is 2.68. The first-order chi connectivity index (χ1) is 9.69. The lowest BCUT2D eigenvalue weighted by Gasteiger charge is -2.31. The van der Waals surface area contributed by atoms with Crippen molar-refractivity contribution in [2.45, 2.75) is 33.2 Å². The summed E-state index contributed by atoms with van der Waals surface area (Å²) in [4.78, 5) is 14.8. The molecule has 1 saturated heterocycles. The minimum absolute atomic E-state index is 0.00316. The number of thiophene rings is 1. The average Bonchev–Trinajstić information content (AvgIpc) is 2.86. The van der Waals surface area contributed by atoms with E-state index in [1.54, 1.807) is 18.3 Å². The summed E-state index contributed by atoms with van der Waals surface area (Å²) in [5.41, 5.74) is 0.954. The third kappa shape index (κ3) is 4.58. The molecule has 1 fully saturated rings. The number of hydrogen-bond acceptors (Lipinski definition) is 4. The van der Waals surface area contributed by atoms with Gasteiger partial charge in [-0.25, -0.2) is 0 Å². The van der Waals surface area contributed by atoms with Crippen molar-refractivity contribution in [1.82, 2.24) is 10.2 Å². The predicted octanol–water partition coefficient (Wildman–Crippen LogP) is 2.53. The molecule has 4 nitrogen and oxygen atoms in total. The van der Waals surface area contributed by atoms with Crippen molar-refractivity contribution in [3.8, 4) is 0 Å². The Morgan fingerprint density at radius 1 is 1.45 bits per heavy atom. The number of nitrogens with zero attached hydrogens (tertiary/aromatic N) is 1. The van der Waals surface area contributed by atoms with Crippen molar-refractivity contribution >= 4 is 22.9 Å². The molecule has 2 heterocycles. The predicted molar refractivity (Wildman–Crippen MR) is 85.2 cm³/mol.